The number of hydrogen-bond acceptors (Lipinski definition) is 4. The first-order valence-electron chi connectivity index (χ1n) is 8.20. The quantitative estimate of drug-likeness (QED) is 0.582. The first-order valence-corrected chi connectivity index (χ1v) is 9.07. The lowest BCUT2D eigenvalue weighted by Gasteiger charge is -2.12. The minimum absolute atomic E-state index is 0.0835. The lowest BCUT2D eigenvalue weighted by Crippen LogP contribution is -2.22. The molecule has 0 radical (unpaired) electrons. The van der Waals surface area contributed by atoms with Gasteiger partial charge in [-0.05, 0) is 67.6 Å². The van der Waals surface area contributed by atoms with Crippen LogP contribution in [-0.2, 0) is 4.79 Å². The highest BCUT2D eigenvalue weighted by atomic mass is 32.2. The van der Waals surface area contributed by atoms with Gasteiger partial charge in [0.25, 0.3) is 0 Å². The average molecular weight is 365 g/mol. The molecule has 0 saturated heterocycles. The zero-order valence-corrected chi connectivity index (χ0v) is 15.1. The Labute approximate surface area is 156 Å². The number of phenols is 1. The molecule has 0 aliphatic heterocycles. The zero-order valence-electron chi connectivity index (χ0n) is 14.3. The van der Waals surface area contributed by atoms with Crippen molar-refractivity contribution in [2.75, 3.05) is 5.32 Å². The van der Waals surface area contributed by atoms with Crippen molar-refractivity contribution < 1.29 is 14.6 Å². The third-order valence-corrected chi connectivity index (χ3v) is 4.73. The van der Waals surface area contributed by atoms with Crippen molar-refractivity contribution in [2.45, 2.75) is 17.1 Å². The number of rotatable bonds is 6. The Balaban J connectivity index is 1.56. The normalized spacial score (nSPS) is 11.6. The summed E-state index contributed by atoms with van der Waals surface area (Å²) in [6, 6.07) is 23.6. The number of ether oxygens (including phenoxy) is 1. The maximum atomic E-state index is 12.3. The van der Waals surface area contributed by atoms with Crippen molar-refractivity contribution in [3.05, 3.63) is 78.9 Å². The molecule has 5 heteroatoms. The molecule has 4 nitrogen and oxygen atoms in total. The predicted molar refractivity (Wildman–Crippen MR) is 105 cm³/mol. The maximum absolute atomic E-state index is 12.3. The molecule has 0 spiro atoms. The number of hydrogen-bond donors (Lipinski definition) is 2. The molecule has 1 atom stereocenters. The summed E-state index contributed by atoms with van der Waals surface area (Å²) in [4.78, 5) is 13.3. The van der Waals surface area contributed by atoms with Gasteiger partial charge in [0.15, 0.2) is 0 Å². The van der Waals surface area contributed by atoms with E-state index in [1.165, 1.54) is 11.8 Å². The van der Waals surface area contributed by atoms with Gasteiger partial charge in [0, 0.05) is 10.6 Å². The average Bonchev–Trinajstić information content (AvgIpc) is 2.66. The molecule has 0 bridgehead atoms. The second-order valence-corrected chi connectivity index (χ2v) is 7.10. The molecule has 132 valence electrons. The van der Waals surface area contributed by atoms with Gasteiger partial charge in [-0.25, -0.2) is 0 Å². The van der Waals surface area contributed by atoms with E-state index in [1.807, 2.05) is 61.5 Å². The van der Waals surface area contributed by atoms with E-state index in [0.29, 0.717) is 11.4 Å². The van der Waals surface area contributed by atoms with E-state index in [0.717, 1.165) is 10.6 Å². The molecule has 3 rings (SSSR count). The van der Waals surface area contributed by atoms with Crippen LogP contribution in [0.2, 0.25) is 0 Å². The number of benzene rings is 3. The van der Waals surface area contributed by atoms with Crippen LogP contribution in [-0.4, -0.2) is 16.3 Å². The van der Waals surface area contributed by atoms with Crippen LogP contribution in [0, 0.1) is 0 Å². The largest absolute Gasteiger partial charge is 0.508 e. The summed E-state index contributed by atoms with van der Waals surface area (Å²) in [6.07, 6.45) is 0. The van der Waals surface area contributed by atoms with Gasteiger partial charge in [-0.15, -0.1) is 11.8 Å². The highest BCUT2D eigenvalue weighted by Crippen LogP contribution is 2.27. The van der Waals surface area contributed by atoms with Crippen molar-refractivity contribution in [3.8, 4) is 17.2 Å². The number of aromatic hydroxyl groups is 1. The third kappa shape index (κ3) is 5.04. The Morgan fingerprint density at radius 2 is 1.54 bits per heavy atom. The lowest BCUT2D eigenvalue weighted by atomic mass is 10.3. The van der Waals surface area contributed by atoms with Gasteiger partial charge < -0.3 is 15.2 Å². The third-order valence-electron chi connectivity index (χ3n) is 3.62. The minimum atomic E-state index is -0.264. The van der Waals surface area contributed by atoms with Gasteiger partial charge in [-0.3, -0.25) is 4.79 Å². The molecule has 0 saturated carbocycles. The summed E-state index contributed by atoms with van der Waals surface area (Å²) < 4.78 is 5.74. The molecule has 3 aromatic rings. The number of thioether (sulfide) groups is 1. The Morgan fingerprint density at radius 3 is 2.19 bits per heavy atom. The number of carbonyl (C=O) groups is 1. The van der Waals surface area contributed by atoms with E-state index in [9.17, 15) is 9.90 Å². The molecule has 0 heterocycles. The zero-order chi connectivity index (χ0) is 18.4. The molecule has 0 fully saturated rings. The van der Waals surface area contributed by atoms with E-state index >= 15 is 0 Å². The van der Waals surface area contributed by atoms with Crippen LogP contribution in [0.1, 0.15) is 6.92 Å². The van der Waals surface area contributed by atoms with Gasteiger partial charge in [0.05, 0.1) is 5.25 Å². The number of para-hydroxylation sites is 1. The van der Waals surface area contributed by atoms with Crippen molar-refractivity contribution in [1.29, 1.82) is 0 Å². The minimum Gasteiger partial charge on any atom is -0.508 e. The molecule has 2 N–H and O–H groups in total. The van der Waals surface area contributed by atoms with E-state index in [2.05, 4.69) is 5.32 Å². The molecular weight excluding hydrogens is 346 g/mol. The van der Waals surface area contributed by atoms with Crippen LogP contribution in [0.5, 0.6) is 17.2 Å². The Kier molecular flexibility index (Phi) is 5.81. The summed E-state index contributed by atoms with van der Waals surface area (Å²) in [7, 11) is 0. The van der Waals surface area contributed by atoms with E-state index in [4.69, 9.17) is 4.74 Å². The van der Waals surface area contributed by atoms with Crippen LogP contribution in [0.25, 0.3) is 0 Å². The van der Waals surface area contributed by atoms with E-state index in [-0.39, 0.29) is 16.9 Å². The second-order valence-electron chi connectivity index (χ2n) is 5.68. The first kappa shape index (κ1) is 17.9. The van der Waals surface area contributed by atoms with Crippen LogP contribution >= 0.6 is 11.8 Å². The number of anilines is 1. The Bertz CT molecular complexity index is 849. The standard InChI is InChI=1S/C21H19NO3S/c1-15(26-20-13-9-17(23)10-14-20)21(24)22-16-7-11-19(12-8-16)25-18-5-3-2-4-6-18/h2-15,23H,1H3,(H,22,24). The number of amides is 1. The molecule has 1 unspecified atom stereocenters. The topological polar surface area (TPSA) is 58.6 Å². The van der Waals surface area contributed by atoms with Gasteiger partial charge in [-0.1, -0.05) is 18.2 Å². The highest BCUT2D eigenvalue weighted by molar-refractivity contribution is 8.00. The summed E-state index contributed by atoms with van der Waals surface area (Å²) in [6.45, 7) is 1.85. The van der Waals surface area contributed by atoms with E-state index in [1.54, 1.807) is 24.3 Å². The molecule has 0 aromatic heterocycles. The number of carbonyl (C=O) groups excluding carboxylic acids is 1. The Hall–Kier alpha value is -2.92. The monoisotopic (exact) mass is 365 g/mol. The fourth-order valence-electron chi connectivity index (χ4n) is 2.26. The van der Waals surface area contributed by atoms with Crippen LogP contribution < -0.4 is 10.1 Å². The molecule has 0 aliphatic rings. The number of nitrogens with one attached hydrogen (secondary N) is 1. The van der Waals surface area contributed by atoms with Crippen molar-refractivity contribution >= 4 is 23.4 Å². The van der Waals surface area contributed by atoms with Gasteiger partial charge in [0.2, 0.25) is 5.91 Å². The molecule has 26 heavy (non-hydrogen) atoms. The summed E-state index contributed by atoms with van der Waals surface area (Å²) >= 11 is 1.44. The van der Waals surface area contributed by atoms with Crippen LogP contribution in [0.3, 0.4) is 0 Å². The summed E-state index contributed by atoms with van der Waals surface area (Å²) in [5.41, 5.74) is 0.716. The van der Waals surface area contributed by atoms with Crippen molar-refractivity contribution in [3.63, 3.8) is 0 Å². The van der Waals surface area contributed by atoms with Crippen molar-refractivity contribution in [1.82, 2.24) is 0 Å². The molecule has 1 amide bonds. The predicted octanol–water partition coefficient (Wildman–Crippen LogP) is 5.30. The van der Waals surface area contributed by atoms with Gasteiger partial charge in [0.1, 0.15) is 17.2 Å². The summed E-state index contributed by atoms with van der Waals surface area (Å²) in [5, 5.41) is 11.9. The fraction of sp³-hybridized carbons (Fsp3) is 0.0952. The van der Waals surface area contributed by atoms with Crippen LogP contribution in [0.15, 0.2) is 83.8 Å². The fourth-order valence-corrected chi connectivity index (χ4v) is 3.12. The van der Waals surface area contributed by atoms with Gasteiger partial charge >= 0.3 is 0 Å². The molecule has 3 aromatic carbocycles. The second kappa shape index (κ2) is 8.45. The van der Waals surface area contributed by atoms with Gasteiger partial charge in [-0.2, -0.15) is 0 Å². The maximum Gasteiger partial charge on any atom is 0.237 e. The summed E-state index contributed by atoms with van der Waals surface area (Å²) in [5.74, 6) is 1.60. The lowest BCUT2D eigenvalue weighted by molar-refractivity contribution is -0.115. The molecular formula is C21H19NO3S. The first-order chi connectivity index (χ1) is 12.6. The van der Waals surface area contributed by atoms with E-state index < -0.39 is 0 Å². The SMILES string of the molecule is CC(Sc1ccc(O)cc1)C(=O)Nc1ccc(Oc2ccccc2)cc1. The highest BCUT2D eigenvalue weighted by Gasteiger charge is 2.14. The molecule has 0 aliphatic carbocycles. The Morgan fingerprint density at radius 1 is 0.923 bits per heavy atom. The van der Waals surface area contributed by atoms with Crippen molar-refractivity contribution in [2.24, 2.45) is 0 Å². The van der Waals surface area contributed by atoms with Crippen LogP contribution in [0.4, 0.5) is 5.69 Å². The number of phenolic OH excluding ortho intramolecular Hbond substituents is 1. The smallest absolute Gasteiger partial charge is 0.237 e.